The van der Waals surface area contributed by atoms with Gasteiger partial charge >= 0.3 is 5.97 Å². The molecule has 0 saturated carbocycles. The van der Waals surface area contributed by atoms with E-state index in [1.54, 1.807) is 0 Å². The first kappa shape index (κ1) is 8.26. The Morgan fingerprint density at radius 1 is 1.42 bits per heavy atom. The van der Waals surface area contributed by atoms with Crippen LogP contribution in [0.15, 0.2) is 18.2 Å². The van der Waals surface area contributed by atoms with Gasteiger partial charge in [0.2, 0.25) is 6.29 Å². The summed E-state index contributed by atoms with van der Waals surface area (Å²) >= 11 is 0. The van der Waals surface area contributed by atoms with Crippen molar-refractivity contribution in [3.05, 3.63) is 29.3 Å². The molecule has 61 valence electrons. The summed E-state index contributed by atoms with van der Waals surface area (Å²) in [6.45, 7) is 0. The average molecular weight is 165 g/mol. The summed E-state index contributed by atoms with van der Waals surface area (Å²) in [5.74, 6) is -1.77. The van der Waals surface area contributed by atoms with Gasteiger partial charge in [0.1, 0.15) is 11.3 Å². The Hall–Kier alpha value is -1.84. The summed E-state index contributed by atoms with van der Waals surface area (Å²) in [5.41, 5.74) is -0.560. The van der Waals surface area contributed by atoms with Gasteiger partial charge in [-0.25, -0.2) is 4.79 Å². The maximum absolute atomic E-state index is 10.5. The van der Waals surface area contributed by atoms with E-state index in [9.17, 15) is 9.59 Å². The molecule has 4 nitrogen and oxygen atoms in total. The number of carbonyl (C=O) groups excluding carboxylic acids is 1. The molecule has 1 aromatic carbocycles. The number of benzene rings is 1. The standard InChI is InChI=1S/C8H5O4/c9-4-5-2-1-3-6(10)7(5)8(11)12/h1-3,10H,(H,11,12). The SMILES string of the molecule is O=[C]c1cccc(O)c1C(=O)O. The van der Waals surface area contributed by atoms with Gasteiger partial charge in [0.15, 0.2) is 0 Å². The second-order valence-electron chi connectivity index (χ2n) is 2.11. The first-order chi connectivity index (χ1) is 5.66. The van der Waals surface area contributed by atoms with Crippen LogP contribution in [0.4, 0.5) is 0 Å². The van der Waals surface area contributed by atoms with Crippen LogP contribution < -0.4 is 0 Å². The van der Waals surface area contributed by atoms with E-state index in [2.05, 4.69) is 0 Å². The Bertz CT molecular complexity index is 330. The van der Waals surface area contributed by atoms with Gasteiger partial charge in [-0.3, -0.25) is 4.79 Å². The van der Waals surface area contributed by atoms with Crippen molar-refractivity contribution in [1.29, 1.82) is 0 Å². The van der Waals surface area contributed by atoms with Gasteiger partial charge in [0.25, 0.3) is 0 Å². The molecule has 0 amide bonds. The fourth-order valence-electron chi connectivity index (χ4n) is 0.850. The third-order valence-corrected chi connectivity index (χ3v) is 1.37. The van der Waals surface area contributed by atoms with E-state index >= 15 is 0 Å². The Balaban J connectivity index is 3.39. The van der Waals surface area contributed by atoms with Crippen LogP contribution >= 0.6 is 0 Å². The maximum Gasteiger partial charge on any atom is 0.340 e. The van der Waals surface area contributed by atoms with Crippen LogP contribution in [0.2, 0.25) is 0 Å². The quantitative estimate of drug-likeness (QED) is 0.670. The molecule has 0 aliphatic carbocycles. The van der Waals surface area contributed by atoms with Gasteiger partial charge in [0.05, 0.1) is 0 Å². The topological polar surface area (TPSA) is 74.6 Å². The first-order valence-corrected chi connectivity index (χ1v) is 3.10. The minimum atomic E-state index is -1.34. The molecule has 4 heteroatoms. The molecule has 0 saturated heterocycles. The van der Waals surface area contributed by atoms with Crippen molar-refractivity contribution in [3.63, 3.8) is 0 Å². The molecule has 0 aliphatic rings. The molecule has 0 spiro atoms. The molecule has 0 fully saturated rings. The van der Waals surface area contributed by atoms with Crippen molar-refractivity contribution >= 4 is 12.3 Å². The minimum absolute atomic E-state index is 0.150. The number of rotatable bonds is 2. The fraction of sp³-hybridized carbons (Fsp3) is 0. The predicted octanol–water partition coefficient (Wildman–Crippen LogP) is 0.548. The summed E-state index contributed by atoms with van der Waals surface area (Å²) in [6, 6.07) is 3.85. The molecular weight excluding hydrogens is 160 g/mol. The molecule has 0 unspecified atom stereocenters. The highest BCUT2D eigenvalue weighted by atomic mass is 16.4. The number of carboxylic acids is 1. The van der Waals surface area contributed by atoms with Crippen LogP contribution in [0.3, 0.4) is 0 Å². The molecule has 12 heavy (non-hydrogen) atoms. The molecule has 0 heterocycles. The summed E-state index contributed by atoms with van der Waals surface area (Å²) in [7, 11) is 0. The van der Waals surface area contributed by atoms with Crippen LogP contribution in [0, 0.1) is 0 Å². The van der Waals surface area contributed by atoms with Gasteiger partial charge in [-0.2, -0.15) is 0 Å². The van der Waals surface area contributed by atoms with Crippen LogP contribution in [0.1, 0.15) is 15.9 Å². The number of aromatic hydroxyl groups is 1. The van der Waals surface area contributed by atoms with Crippen molar-refractivity contribution in [2.75, 3.05) is 0 Å². The normalized spacial score (nSPS) is 9.33. The number of phenols is 1. The van der Waals surface area contributed by atoms with Crippen molar-refractivity contribution in [1.82, 2.24) is 0 Å². The number of carboxylic acid groups (broad SMARTS) is 1. The van der Waals surface area contributed by atoms with E-state index in [1.807, 2.05) is 0 Å². The van der Waals surface area contributed by atoms with Crippen molar-refractivity contribution in [3.8, 4) is 5.75 Å². The number of hydrogen-bond donors (Lipinski definition) is 2. The van der Waals surface area contributed by atoms with E-state index in [-0.39, 0.29) is 5.56 Å². The number of aromatic carboxylic acids is 1. The summed E-state index contributed by atoms with van der Waals surface area (Å²) in [5, 5.41) is 17.6. The second-order valence-corrected chi connectivity index (χ2v) is 2.11. The highest BCUT2D eigenvalue weighted by molar-refractivity contribution is 5.99. The van der Waals surface area contributed by atoms with Crippen molar-refractivity contribution in [2.24, 2.45) is 0 Å². The maximum atomic E-state index is 10.5. The smallest absolute Gasteiger partial charge is 0.340 e. The summed E-state index contributed by atoms with van der Waals surface area (Å²) in [4.78, 5) is 20.6. The zero-order valence-electron chi connectivity index (χ0n) is 5.94. The zero-order valence-corrected chi connectivity index (χ0v) is 5.94. The van der Waals surface area contributed by atoms with Crippen LogP contribution in [-0.2, 0) is 4.79 Å². The predicted molar refractivity (Wildman–Crippen MR) is 39.9 cm³/mol. The molecule has 1 aromatic rings. The number of hydrogen-bond acceptors (Lipinski definition) is 3. The Morgan fingerprint density at radius 3 is 2.50 bits per heavy atom. The average Bonchev–Trinajstić information content (AvgIpc) is 2.03. The van der Waals surface area contributed by atoms with E-state index in [0.717, 1.165) is 0 Å². The Labute approximate surface area is 68.1 Å². The van der Waals surface area contributed by atoms with Gasteiger partial charge in [-0.05, 0) is 12.1 Å². The van der Waals surface area contributed by atoms with Crippen molar-refractivity contribution in [2.45, 2.75) is 0 Å². The third kappa shape index (κ3) is 1.27. The van der Waals surface area contributed by atoms with Crippen molar-refractivity contribution < 1.29 is 19.8 Å². The number of carbonyl (C=O) groups is 1. The van der Waals surface area contributed by atoms with E-state index in [0.29, 0.717) is 0 Å². The summed E-state index contributed by atoms with van der Waals surface area (Å²) in [6.07, 6.45) is 1.43. The van der Waals surface area contributed by atoms with Gasteiger partial charge in [0, 0.05) is 5.56 Å². The molecule has 1 radical (unpaired) electrons. The fourth-order valence-corrected chi connectivity index (χ4v) is 0.850. The Kier molecular flexibility index (Phi) is 2.09. The molecule has 1 rings (SSSR count). The third-order valence-electron chi connectivity index (χ3n) is 1.37. The second kappa shape index (κ2) is 3.04. The summed E-state index contributed by atoms with van der Waals surface area (Å²) < 4.78 is 0. The van der Waals surface area contributed by atoms with Crippen LogP contribution in [0.25, 0.3) is 0 Å². The lowest BCUT2D eigenvalue weighted by Crippen LogP contribution is -2.01. The largest absolute Gasteiger partial charge is 0.507 e. The lowest BCUT2D eigenvalue weighted by Gasteiger charge is -1.99. The van der Waals surface area contributed by atoms with E-state index in [1.165, 1.54) is 24.5 Å². The Morgan fingerprint density at radius 2 is 2.08 bits per heavy atom. The molecule has 0 bridgehead atoms. The highest BCUT2D eigenvalue weighted by Crippen LogP contribution is 2.19. The van der Waals surface area contributed by atoms with Gasteiger partial charge in [-0.15, -0.1) is 0 Å². The highest BCUT2D eigenvalue weighted by Gasteiger charge is 2.14. The molecular formula is C8H5O4. The lowest BCUT2D eigenvalue weighted by molar-refractivity contribution is 0.0693. The van der Waals surface area contributed by atoms with Gasteiger partial charge < -0.3 is 10.2 Å². The molecule has 0 aliphatic heterocycles. The molecule has 0 aromatic heterocycles. The van der Waals surface area contributed by atoms with Gasteiger partial charge in [-0.1, -0.05) is 6.07 Å². The van der Waals surface area contributed by atoms with E-state index in [4.69, 9.17) is 10.2 Å². The molecule has 0 atom stereocenters. The zero-order chi connectivity index (χ0) is 9.14. The van der Waals surface area contributed by atoms with Crippen LogP contribution in [-0.4, -0.2) is 22.5 Å². The van der Waals surface area contributed by atoms with E-state index < -0.39 is 17.3 Å². The minimum Gasteiger partial charge on any atom is -0.507 e. The molecule has 2 N–H and O–H groups in total. The van der Waals surface area contributed by atoms with Crippen LogP contribution in [0.5, 0.6) is 5.75 Å². The first-order valence-electron chi connectivity index (χ1n) is 3.10. The lowest BCUT2D eigenvalue weighted by atomic mass is 10.1. The monoisotopic (exact) mass is 165 g/mol.